The van der Waals surface area contributed by atoms with Crippen LogP contribution >= 0.6 is 11.6 Å². The summed E-state index contributed by atoms with van der Waals surface area (Å²) in [7, 11) is 0. The molecule has 15 heavy (non-hydrogen) atoms. The zero-order valence-corrected chi connectivity index (χ0v) is 9.00. The van der Waals surface area contributed by atoms with E-state index in [4.69, 9.17) is 22.1 Å². The SMILES string of the molecule is Nc1cc(Cl)nnc1NCC1CCOC1. The van der Waals surface area contributed by atoms with Crippen molar-refractivity contribution in [3.8, 4) is 0 Å². The lowest BCUT2D eigenvalue weighted by atomic mass is 10.1. The molecule has 5 nitrogen and oxygen atoms in total. The highest BCUT2D eigenvalue weighted by Gasteiger charge is 2.15. The van der Waals surface area contributed by atoms with Crippen LogP contribution < -0.4 is 11.1 Å². The topological polar surface area (TPSA) is 73.1 Å². The van der Waals surface area contributed by atoms with E-state index in [-0.39, 0.29) is 0 Å². The molecule has 2 heterocycles. The Balaban J connectivity index is 1.92. The molecule has 0 aromatic carbocycles. The van der Waals surface area contributed by atoms with E-state index in [2.05, 4.69) is 15.5 Å². The van der Waals surface area contributed by atoms with Gasteiger partial charge in [0.2, 0.25) is 0 Å². The Kier molecular flexibility index (Phi) is 3.23. The van der Waals surface area contributed by atoms with E-state index < -0.39 is 0 Å². The number of hydrogen-bond acceptors (Lipinski definition) is 5. The Morgan fingerprint density at radius 2 is 2.47 bits per heavy atom. The van der Waals surface area contributed by atoms with Crippen LogP contribution in [0, 0.1) is 5.92 Å². The van der Waals surface area contributed by atoms with Crippen molar-refractivity contribution < 1.29 is 4.74 Å². The van der Waals surface area contributed by atoms with Crippen molar-refractivity contribution in [2.24, 2.45) is 5.92 Å². The first kappa shape index (κ1) is 10.4. The summed E-state index contributed by atoms with van der Waals surface area (Å²) in [6, 6.07) is 1.59. The smallest absolute Gasteiger partial charge is 0.172 e. The number of nitrogen functional groups attached to an aromatic ring is 1. The van der Waals surface area contributed by atoms with E-state index >= 15 is 0 Å². The van der Waals surface area contributed by atoms with Gasteiger partial charge in [0.05, 0.1) is 12.3 Å². The molecule has 0 radical (unpaired) electrons. The van der Waals surface area contributed by atoms with Crippen LogP contribution in [0.2, 0.25) is 5.15 Å². The van der Waals surface area contributed by atoms with Gasteiger partial charge in [0.25, 0.3) is 0 Å². The largest absolute Gasteiger partial charge is 0.396 e. The van der Waals surface area contributed by atoms with Gasteiger partial charge in [-0.15, -0.1) is 10.2 Å². The van der Waals surface area contributed by atoms with Crippen LogP contribution in [0.5, 0.6) is 0 Å². The number of halogens is 1. The van der Waals surface area contributed by atoms with Crippen LogP contribution in [-0.4, -0.2) is 30.0 Å². The predicted octanol–water partition coefficient (Wildman–Crippen LogP) is 1.16. The number of anilines is 2. The second-order valence-corrected chi connectivity index (χ2v) is 3.97. The van der Waals surface area contributed by atoms with Gasteiger partial charge >= 0.3 is 0 Å². The van der Waals surface area contributed by atoms with Gasteiger partial charge in [0.1, 0.15) is 0 Å². The molecule has 1 aliphatic rings. The van der Waals surface area contributed by atoms with Gasteiger partial charge in [-0.3, -0.25) is 0 Å². The zero-order chi connectivity index (χ0) is 10.7. The molecular weight excluding hydrogens is 216 g/mol. The van der Waals surface area contributed by atoms with Gasteiger partial charge in [-0.25, -0.2) is 0 Å². The fourth-order valence-electron chi connectivity index (χ4n) is 1.50. The lowest BCUT2D eigenvalue weighted by Crippen LogP contribution is -2.16. The number of aromatic nitrogens is 2. The van der Waals surface area contributed by atoms with Gasteiger partial charge in [0, 0.05) is 25.1 Å². The Morgan fingerprint density at radius 1 is 1.60 bits per heavy atom. The Morgan fingerprint density at radius 3 is 3.13 bits per heavy atom. The summed E-state index contributed by atoms with van der Waals surface area (Å²) in [4.78, 5) is 0. The van der Waals surface area contributed by atoms with E-state index in [1.54, 1.807) is 6.07 Å². The summed E-state index contributed by atoms with van der Waals surface area (Å²) in [5, 5.41) is 11.1. The van der Waals surface area contributed by atoms with E-state index in [0.717, 1.165) is 26.2 Å². The third-order valence-corrected chi connectivity index (χ3v) is 2.56. The predicted molar refractivity (Wildman–Crippen MR) is 58.9 cm³/mol. The molecule has 1 aromatic rings. The monoisotopic (exact) mass is 228 g/mol. The third kappa shape index (κ3) is 2.70. The molecule has 1 aliphatic heterocycles. The van der Waals surface area contributed by atoms with Gasteiger partial charge in [0.15, 0.2) is 11.0 Å². The molecule has 0 saturated carbocycles. The molecule has 2 rings (SSSR count). The quantitative estimate of drug-likeness (QED) is 0.812. The molecule has 0 spiro atoms. The summed E-state index contributed by atoms with van der Waals surface area (Å²) in [5.74, 6) is 1.12. The van der Waals surface area contributed by atoms with Crippen molar-refractivity contribution >= 4 is 23.1 Å². The third-order valence-electron chi connectivity index (χ3n) is 2.38. The maximum absolute atomic E-state index is 5.73. The lowest BCUT2D eigenvalue weighted by molar-refractivity contribution is 0.187. The highest BCUT2D eigenvalue weighted by atomic mass is 35.5. The highest BCUT2D eigenvalue weighted by Crippen LogP contribution is 2.19. The number of ether oxygens (including phenoxy) is 1. The molecule has 82 valence electrons. The van der Waals surface area contributed by atoms with Crippen molar-refractivity contribution in [3.63, 3.8) is 0 Å². The fraction of sp³-hybridized carbons (Fsp3) is 0.556. The number of hydrogen-bond donors (Lipinski definition) is 2. The molecule has 0 aliphatic carbocycles. The minimum atomic E-state index is 0.308. The van der Waals surface area contributed by atoms with E-state index in [1.807, 2.05) is 0 Å². The molecule has 1 atom stereocenters. The molecule has 0 amide bonds. The van der Waals surface area contributed by atoms with Crippen molar-refractivity contribution in [2.45, 2.75) is 6.42 Å². The number of nitrogens with two attached hydrogens (primary N) is 1. The van der Waals surface area contributed by atoms with Crippen molar-refractivity contribution in [1.29, 1.82) is 0 Å². The number of rotatable bonds is 3. The molecule has 6 heteroatoms. The van der Waals surface area contributed by atoms with Gasteiger partial charge < -0.3 is 15.8 Å². The minimum Gasteiger partial charge on any atom is -0.396 e. The van der Waals surface area contributed by atoms with Crippen LogP contribution in [0.1, 0.15) is 6.42 Å². The molecule has 0 bridgehead atoms. The number of nitrogens with zero attached hydrogens (tertiary/aromatic N) is 2. The zero-order valence-electron chi connectivity index (χ0n) is 8.24. The maximum atomic E-state index is 5.73. The molecule has 1 aromatic heterocycles. The van der Waals surface area contributed by atoms with E-state index in [9.17, 15) is 0 Å². The average molecular weight is 229 g/mol. The van der Waals surface area contributed by atoms with Gasteiger partial charge in [-0.1, -0.05) is 11.6 Å². The first-order valence-electron chi connectivity index (χ1n) is 4.86. The maximum Gasteiger partial charge on any atom is 0.172 e. The second kappa shape index (κ2) is 4.63. The Bertz CT molecular complexity index is 341. The Hall–Kier alpha value is -1.07. The summed E-state index contributed by atoms with van der Waals surface area (Å²) >= 11 is 5.64. The first-order valence-corrected chi connectivity index (χ1v) is 5.24. The molecular formula is C9H13ClN4O. The van der Waals surface area contributed by atoms with Crippen LogP contribution in [0.25, 0.3) is 0 Å². The first-order chi connectivity index (χ1) is 7.25. The van der Waals surface area contributed by atoms with Crippen molar-refractivity contribution in [3.05, 3.63) is 11.2 Å². The normalized spacial score (nSPS) is 20.5. The summed E-state index contributed by atoms with van der Waals surface area (Å²) in [6.07, 6.45) is 1.08. The van der Waals surface area contributed by atoms with Gasteiger partial charge in [-0.2, -0.15) is 0 Å². The fourth-order valence-corrected chi connectivity index (χ4v) is 1.66. The summed E-state index contributed by atoms with van der Waals surface area (Å²) in [6.45, 7) is 2.45. The summed E-state index contributed by atoms with van der Waals surface area (Å²) < 4.78 is 5.27. The van der Waals surface area contributed by atoms with E-state index in [0.29, 0.717) is 22.6 Å². The average Bonchev–Trinajstić information content (AvgIpc) is 2.69. The molecule has 1 fully saturated rings. The van der Waals surface area contributed by atoms with Gasteiger partial charge in [-0.05, 0) is 6.42 Å². The second-order valence-electron chi connectivity index (χ2n) is 3.58. The molecule has 3 N–H and O–H groups in total. The Labute approximate surface area is 93.0 Å². The van der Waals surface area contributed by atoms with Crippen LogP contribution in [0.15, 0.2) is 6.07 Å². The molecule has 1 unspecified atom stereocenters. The number of nitrogens with one attached hydrogen (secondary N) is 1. The van der Waals surface area contributed by atoms with E-state index in [1.165, 1.54) is 0 Å². The highest BCUT2D eigenvalue weighted by molar-refractivity contribution is 6.29. The van der Waals surface area contributed by atoms with Crippen LogP contribution in [-0.2, 0) is 4.74 Å². The van der Waals surface area contributed by atoms with Crippen molar-refractivity contribution in [1.82, 2.24) is 10.2 Å². The van der Waals surface area contributed by atoms with Crippen LogP contribution in [0.4, 0.5) is 11.5 Å². The minimum absolute atomic E-state index is 0.308. The summed E-state index contributed by atoms with van der Waals surface area (Å²) in [5.41, 5.74) is 6.25. The van der Waals surface area contributed by atoms with Crippen molar-refractivity contribution in [2.75, 3.05) is 30.8 Å². The standard InChI is InChI=1S/C9H13ClN4O/c10-8-3-7(11)9(14-13-8)12-4-6-1-2-15-5-6/h3,6H,1-2,4-5H2,(H2,11,13)(H,12,14). The van der Waals surface area contributed by atoms with Crippen LogP contribution in [0.3, 0.4) is 0 Å². The lowest BCUT2D eigenvalue weighted by Gasteiger charge is -2.10. The molecule has 1 saturated heterocycles.